The lowest BCUT2D eigenvalue weighted by atomic mass is 10.0. The van der Waals surface area contributed by atoms with E-state index < -0.39 is 0 Å². The second-order valence-electron chi connectivity index (χ2n) is 5.23. The van der Waals surface area contributed by atoms with Crippen LogP contribution in [0.15, 0.2) is 49.1 Å². The van der Waals surface area contributed by atoms with Gasteiger partial charge in [0.15, 0.2) is 0 Å². The Morgan fingerprint density at radius 1 is 1.19 bits per heavy atom. The monoisotopic (exact) mass is 280 g/mol. The highest BCUT2D eigenvalue weighted by Gasteiger charge is 2.09. The number of aromatic nitrogens is 4. The molecule has 0 fully saturated rings. The van der Waals surface area contributed by atoms with E-state index in [2.05, 4.69) is 58.2 Å². The predicted molar refractivity (Wildman–Crippen MR) is 84.0 cm³/mol. The molecule has 4 heteroatoms. The van der Waals surface area contributed by atoms with Crippen LogP contribution in [0.25, 0.3) is 11.4 Å². The molecule has 0 aliphatic heterocycles. The summed E-state index contributed by atoms with van der Waals surface area (Å²) in [4.78, 5) is 4.55. The van der Waals surface area contributed by atoms with Crippen LogP contribution in [-0.2, 0) is 26.4 Å². The van der Waals surface area contributed by atoms with Crippen molar-refractivity contribution >= 4 is 0 Å². The van der Waals surface area contributed by atoms with E-state index in [0.29, 0.717) is 0 Å². The molecule has 3 aromatic rings. The summed E-state index contributed by atoms with van der Waals surface area (Å²) >= 11 is 0. The van der Waals surface area contributed by atoms with Gasteiger partial charge in [-0.05, 0) is 24.0 Å². The molecule has 2 aromatic heterocycles. The molecule has 4 nitrogen and oxygen atoms in total. The van der Waals surface area contributed by atoms with Gasteiger partial charge in [0, 0.05) is 37.7 Å². The molecule has 1 aromatic carbocycles. The summed E-state index contributed by atoms with van der Waals surface area (Å²) in [5, 5.41) is 4.22. The van der Waals surface area contributed by atoms with Gasteiger partial charge in [0.2, 0.25) is 0 Å². The van der Waals surface area contributed by atoms with Gasteiger partial charge in [-0.15, -0.1) is 0 Å². The summed E-state index contributed by atoms with van der Waals surface area (Å²) in [6.45, 7) is 3.10. The third kappa shape index (κ3) is 2.89. The first-order valence-corrected chi connectivity index (χ1v) is 7.35. The van der Waals surface area contributed by atoms with Crippen molar-refractivity contribution in [2.75, 3.05) is 0 Å². The van der Waals surface area contributed by atoms with Crippen LogP contribution in [0.1, 0.15) is 18.1 Å². The van der Waals surface area contributed by atoms with Crippen LogP contribution >= 0.6 is 0 Å². The first kappa shape index (κ1) is 13.6. The van der Waals surface area contributed by atoms with E-state index in [9.17, 15) is 0 Å². The molecule has 21 heavy (non-hydrogen) atoms. The summed E-state index contributed by atoms with van der Waals surface area (Å²) in [5.41, 5.74) is 3.82. The highest BCUT2D eigenvalue weighted by molar-refractivity contribution is 5.60. The van der Waals surface area contributed by atoms with Gasteiger partial charge in [0.25, 0.3) is 0 Å². The van der Waals surface area contributed by atoms with E-state index in [0.717, 1.165) is 25.2 Å². The Hall–Kier alpha value is -2.36. The fraction of sp³-hybridized carbons (Fsp3) is 0.294. The van der Waals surface area contributed by atoms with E-state index in [1.807, 2.05) is 24.1 Å². The molecular formula is C17H20N4. The molecular weight excluding hydrogens is 260 g/mol. The summed E-state index contributed by atoms with van der Waals surface area (Å²) in [5.74, 6) is 1.05. The number of benzene rings is 1. The van der Waals surface area contributed by atoms with Crippen molar-refractivity contribution in [3.63, 3.8) is 0 Å². The molecule has 0 unspecified atom stereocenters. The first-order chi connectivity index (χ1) is 10.3. The van der Waals surface area contributed by atoms with Crippen LogP contribution < -0.4 is 0 Å². The van der Waals surface area contributed by atoms with Crippen molar-refractivity contribution in [1.82, 2.24) is 19.3 Å². The minimum Gasteiger partial charge on any atom is -0.331 e. The van der Waals surface area contributed by atoms with E-state index in [1.54, 1.807) is 0 Å². The zero-order valence-electron chi connectivity index (χ0n) is 12.5. The van der Waals surface area contributed by atoms with Crippen LogP contribution in [0, 0.1) is 0 Å². The normalized spacial score (nSPS) is 11.0. The molecule has 2 heterocycles. The maximum atomic E-state index is 4.55. The topological polar surface area (TPSA) is 35.6 Å². The molecule has 108 valence electrons. The predicted octanol–water partition coefficient (Wildman–Crippen LogP) is 3.09. The molecule has 0 saturated heterocycles. The zero-order chi connectivity index (χ0) is 14.7. The molecule has 0 aliphatic carbocycles. The number of rotatable bonds is 5. The molecule has 0 atom stereocenters. The number of hydrogen-bond acceptors (Lipinski definition) is 2. The number of aryl methyl sites for hydroxylation is 4. The van der Waals surface area contributed by atoms with Crippen molar-refractivity contribution in [2.24, 2.45) is 7.05 Å². The lowest BCUT2D eigenvalue weighted by Gasteiger charge is -2.10. The van der Waals surface area contributed by atoms with Gasteiger partial charge in [-0.25, -0.2) is 4.98 Å². The summed E-state index contributed by atoms with van der Waals surface area (Å²) in [6, 6.07) is 8.50. The molecule has 0 spiro atoms. The lowest BCUT2D eigenvalue weighted by molar-refractivity contribution is 0.701. The van der Waals surface area contributed by atoms with Crippen molar-refractivity contribution in [2.45, 2.75) is 26.3 Å². The minimum atomic E-state index is 0.916. The standard InChI is InChI=1S/C17H20N4/c1-3-15-6-4-5-7-16(15)17-18-9-11-21(17)10-8-14-12-19-20(2)13-14/h4-7,9,11-13H,3,8,10H2,1-2H3. The lowest BCUT2D eigenvalue weighted by Crippen LogP contribution is -2.03. The SMILES string of the molecule is CCc1ccccc1-c1nccn1CCc1cnn(C)c1. The van der Waals surface area contributed by atoms with Crippen LogP contribution in [0.2, 0.25) is 0 Å². The quantitative estimate of drug-likeness (QED) is 0.720. The van der Waals surface area contributed by atoms with E-state index >= 15 is 0 Å². The summed E-state index contributed by atoms with van der Waals surface area (Å²) in [6.07, 6.45) is 9.91. The van der Waals surface area contributed by atoms with Gasteiger partial charge in [-0.1, -0.05) is 31.2 Å². The Morgan fingerprint density at radius 2 is 2.05 bits per heavy atom. The zero-order valence-corrected chi connectivity index (χ0v) is 12.5. The second kappa shape index (κ2) is 5.95. The van der Waals surface area contributed by atoms with Gasteiger partial charge in [-0.2, -0.15) is 5.10 Å². The Bertz CT molecular complexity index is 724. The van der Waals surface area contributed by atoms with Gasteiger partial charge in [0.1, 0.15) is 5.82 Å². The maximum Gasteiger partial charge on any atom is 0.140 e. The maximum absolute atomic E-state index is 4.55. The van der Waals surface area contributed by atoms with Gasteiger partial charge in [-0.3, -0.25) is 4.68 Å². The molecule has 0 bridgehead atoms. The Labute approximate surface area is 125 Å². The van der Waals surface area contributed by atoms with Crippen molar-refractivity contribution in [1.29, 1.82) is 0 Å². The number of imidazole rings is 1. The average Bonchev–Trinajstić information content (AvgIpc) is 3.13. The largest absolute Gasteiger partial charge is 0.331 e. The molecule has 0 saturated carbocycles. The highest BCUT2D eigenvalue weighted by atomic mass is 15.2. The van der Waals surface area contributed by atoms with Crippen molar-refractivity contribution < 1.29 is 0 Å². The van der Waals surface area contributed by atoms with Crippen LogP contribution in [-0.4, -0.2) is 19.3 Å². The molecule has 0 radical (unpaired) electrons. The molecule has 0 amide bonds. The van der Waals surface area contributed by atoms with Crippen LogP contribution in [0.3, 0.4) is 0 Å². The Morgan fingerprint density at radius 3 is 2.81 bits per heavy atom. The second-order valence-corrected chi connectivity index (χ2v) is 5.23. The fourth-order valence-electron chi connectivity index (χ4n) is 2.63. The number of hydrogen-bond donors (Lipinski definition) is 0. The number of nitrogens with zero attached hydrogens (tertiary/aromatic N) is 4. The minimum absolute atomic E-state index is 0.916. The van der Waals surface area contributed by atoms with Crippen LogP contribution in [0.5, 0.6) is 0 Å². The van der Waals surface area contributed by atoms with E-state index in [-0.39, 0.29) is 0 Å². The Balaban J connectivity index is 1.83. The van der Waals surface area contributed by atoms with E-state index in [4.69, 9.17) is 0 Å². The fourth-order valence-corrected chi connectivity index (χ4v) is 2.63. The third-order valence-corrected chi connectivity index (χ3v) is 3.75. The van der Waals surface area contributed by atoms with Gasteiger partial charge in [0.05, 0.1) is 6.20 Å². The molecule has 0 aliphatic rings. The Kier molecular flexibility index (Phi) is 3.86. The van der Waals surface area contributed by atoms with E-state index in [1.165, 1.54) is 16.7 Å². The molecule has 3 rings (SSSR count). The van der Waals surface area contributed by atoms with Crippen molar-refractivity contribution in [3.8, 4) is 11.4 Å². The van der Waals surface area contributed by atoms with Crippen LogP contribution in [0.4, 0.5) is 0 Å². The highest BCUT2D eigenvalue weighted by Crippen LogP contribution is 2.22. The smallest absolute Gasteiger partial charge is 0.140 e. The summed E-state index contributed by atoms with van der Waals surface area (Å²) < 4.78 is 4.07. The first-order valence-electron chi connectivity index (χ1n) is 7.35. The van der Waals surface area contributed by atoms with Gasteiger partial charge < -0.3 is 4.57 Å². The van der Waals surface area contributed by atoms with Gasteiger partial charge >= 0.3 is 0 Å². The summed E-state index contributed by atoms with van der Waals surface area (Å²) in [7, 11) is 1.95. The third-order valence-electron chi connectivity index (χ3n) is 3.75. The average molecular weight is 280 g/mol. The molecule has 0 N–H and O–H groups in total. The van der Waals surface area contributed by atoms with Crippen molar-refractivity contribution in [3.05, 3.63) is 60.2 Å².